The second-order valence-corrected chi connectivity index (χ2v) is 13.7. The van der Waals surface area contributed by atoms with Crippen LogP contribution in [-0.2, 0) is 42.9 Å². The summed E-state index contributed by atoms with van der Waals surface area (Å²) < 4.78 is 52.3. The Labute approximate surface area is 247 Å². The van der Waals surface area contributed by atoms with Gasteiger partial charge >= 0.3 is 29.2 Å². The van der Waals surface area contributed by atoms with E-state index in [1.807, 2.05) is 42.5 Å². The summed E-state index contributed by atoms with van der Waals surface area (Å²) in [6.07, 6.45) is -3.03. The van der Waals surface area contributed by atoms with Crippen LogP contribution < -0.4 is 16.1 Å². The van der Waals surface area contributed by atoms with Crippen LogP contribution in [0.4, 0.5) is 5.69 Å². The molecule has 4 rings (SSSR count). The Morgan fingerprint density at radius 1 is 0.955 bits per heavy atom. The number of aromatic amines is 1. The highest BCUT2D eigenvalue weighted by molar-refractivity contribution is 7.66. The number of aliphatic hydroxyl groups excluding tert-OH is 1. The Morgan fingerprint density at radius 2 is 1.59 bits per heavy atom. The summed E-state index contributed by atoms with van der Waals surface area (Å²) in [6.45, 7) is -1.01. The first-order chi connectivity index (χ1) is 20.6. The van der Waals surface area contributed by atoms with Crippen molar-refractivity contribution in [1.29, 1.82) is 0 Å². The number of aliphatic hydroxyl groups is 1. The third-order valence-corrected chi connectivity index (χ3v) is 9.93. The Morgan fingerprint density at radius 3 is 2.20 bits per heavy atom. The van der Waals surface area contributed by atoms with Gasteiger partial charge in [-0.2, -0.15) is 8.62 Å². The monoisotopic (exact) mass is 677 g/mol. The van der Waals surface area contributed by atoms with Gasteiger partial charge in [0.25, 0.3) is 5.56 Å². The molecule has 5 atom stereocenters. The van der Waals surface area contributed by atoms with E-state index in [0.717, 1.165) is 26.8 Å². The second kappa shape index (κ2) is 13.5. The fourth-order valence-corrected chi connectivity index (χ4v) is 7.24. The van der Waals surface area contributed by atoms with Crippen LogP contribution in [0.5, 0.6) is 0 Å². The molecule has 1 aromatic heterocycles. The molecule has 0 radical (unpaired) electrons. The number of phosphoric acid groups is 3. The Balaban J connectivity index is 1.45. The molecule has 1 amide bonds. The number of rotatable bonds is 13. The molecule has 0 saturated carbocycles. The molecular weight excluding hydrogens is 651 g/mol. The summed E-state index contributed by atoms with van der Waals surface area (Å²) in [4.78, 5) is 76.4. The van der Waals surface area contributed by atoms with Crippen molar-refractivity contribution in [2.24, 2.45) is 0 Å². The molecule has 0 aliphatic carbocycles. The van der Waals surface area contributed by atoms with Crippen molar-refractivity contribution in [1.82, 2.24) is 9.55 Å². The van der Waals surface area contributed by atoms with Crippen LogP contribution in [0.2, 0.25) is 0 Å². The molecule has 238 valence electrons. The number of benzene rings is 2. The zero-order valence-electron chi connectivity index (χ0n) is 22.3. The topological polar surface area (TPSA) is 264 Å². The fourth-order valence-electron chi connectivity index (χ4n) is 4.21. The molecule has 1 aliphatic heterocycles. The smallest absolute Gasteiger partial charge is 0.390 e. The highest BCUT2D eigenvalue weighted by Gasteiger charge is 2.43. The molecule has 18 nitrogen and oxygen atoms in total. The number of nitrogens with one attached hydrogen (secondary N) is 1. The average Bonchev–Trinajstić information content (AvgIpc) is 3.30. The van der Waals surface area contributed by atoms with Crippen molar-refractivity contribution < 1.29 is 61.1 Å². The summed E-state index contributed by atoms with van der Waals surface area (Å²) in [5.41, 5.74) is 0.478. The number of anilines is 1. The first-order valence-corrected chi connectivity index (χ1v) is 16.9. The molecule has 2 aromatic carbocycles. The van der Waals surface area contributed by atoms with Crippen LogP contribution in [0.1, 0.15) is 18.2 Å². The Kier molecular flexibility index (Phi) is 10.4. The van der Waals surface area contributed by atoms with E-state index in [1.165, 1.54) is 0 Å². The van der Waals surface area contributed by atoms with Crippen LogP contribution >= 0.6 is 23.5 Å². The van der Waals surface area contributed by atoms with E-state index in [9.17, 15) is 43.0 Å². The summed E-state index contributed by atoms with van der Waals surface area (Å²) in [7, 11) is -16.9. The first kappa shape index (κ1) is 33.8. The minimum Gasteiger partial charge on any atom is -0.390 e. The maximum absolute atomic E-state index is 12.6. The summed E-state index contributed by atoms with van der Waals surface area (Å²) in [5.74, 6) is 0. The van der Waals surface area contributed by atoms with E-state index in [4.69, 9.17) is 14.5 Å². The van der Waals surface area contributed by atoms with Gasteiger partial charge in [0.2, 0.25) is 6.41 Å². The summed E-state index contributed by atoms with van der Waals surface area (Å²) >= 11 is 0. The minimum absolute atomic E-state index is 0.0449. The molecule has 2 unspecified atom stereocenters. The molecule has 1 saturated heterocycles. The number of carbonyl (C=O) groups excluding carboxylic acids is 1. The van der Waals surface area contributed by atoms with E-state index in [2.05, 4.69) is 18.1 Å². The van der Waals surface area contributed by atoms with Crippen molar-refractivity contribution in [3.63, 3.8) is 0 Å². The lowest BCUT2D eigenvalue weighted by Gasteiger charge is -2.21. The highest BCUT2D eigenvalue weighted by Crippen LogP contribution is 2.66. The number of nitrogens with zero attached hydrogens (tertiary/aromatic N) is 2. The molecular formula is C23H26N3O15P3. The molecule has 21 heteroatoms. The van der Waals surface area contributed by atoms with Gasteiger partial charge in [0, 0.05) is 12.6 Å². The van der Waals surface area contributed by atoms with Gasteiger partial charge in [-0.25, -0.2) is 18.5 Å². The van der Waals surface area contributed by atoms with Crippen molar-refractivity contribution in [3.8, 4) is 11.1 Å². The molecule has 2 heterocycles. The van der Waals surface area contributed by atoms with Crippen LogP contribution in [-0.4, -0.2) is 59.5 Å². The minimum atomic E-state index is -5.76. The normalized spacial score (nSPS) is 21.3. The summed E-state index contributed by atoms with van der Waals surface area (Å²) in [5, 5.41) is 10.4. The van der Waals surface area contributed by atoms with Gasteiger partial charge in [-0.15, -0.1) is 0 Å². The molecule has 0 bridgehead atoms. The number of hydrogen-bond acceptors (Lipinski definition) is 11. The number of ether oxygens (including phenoxy) is 1. The predicted molar refractivity (Wildman–Crippen MR) is 150 cm³/mol. The number of carbonyl (C=O) groups is 1. The van der Waals surface area contributed by atoms with Crippen LogP contribution in [0.15, 0.2) is 70.4 Å². The molecule has 1 aliphatic rings. The highest BCUT2D eigenvalue weighted by atomic mass is 31.3. The standard InChI is InChI=1S/C23H26N3O15P3/c27-14-25(11-15-6-8-17(9-7-15)16-4-2-1-3-5-16)18-12-26(23(30)24-22(18)29)21-10-19(28)20(39-21)13-38-43(34,35)41-44(36,37)40-42(31,32)33/h1-9,12,14,19-21,28H,10-11,13H2,(H,34,35)(H,36,37)(H,24,29,30)(H2,31,32,33)/t19-,20+,21+/m0/s1. The van der Waals surface area contributed by atoms with Gasteiger partial charge in [-0.05, 0) is 16.7 Å². The van der Waals surface area contributed by atoms with Gasteiger partial charge in [-0.3, -0.25) is 23.7 Å². The molecule has 3 aromatic rings. The third kappa shape index (κ3) is 8.99. The van der Waals surface area contributed by atoms with E-state index in [1.54, 1.807) is 12.1 Å². The molecule has 44 heavy (non-hydrogen) atoms. The van der Waals surface area contributed by atoms with Crippen LogP contribution in [0, 0.1) is 0 Å². The van der Waals surface area contributed by atoms with E-state index < -0.39 is 59.8 Å². The number of amides is 1. The van der Waals surface area contributed by atoms with Gasteiger partial charge in [0.15, 0.2) is 0 Å². The number of aromatic nitrogens is 2. The zero-order chi connectivity index (χ0) is 32.3. The lowest BCUT2D eigenvalue weighted by Crippen LogP contribution is -2.37. The SMILES string of the molecule is O=CN(Cc1ccc(-c2ccccc2)cc1)c1cn([C@H]2C[C@H](O)[C@@H](COP(=O)(O)OP(=O)(O)OP(=O)(O)O)O2)c(=O)[nH]c1=O. The van der Waals surface area contributed by atoms with Gasteiger partial charge in [-0.1, -0.05) is 54.6 Å². The van der Waals surface area contributed by atoms with Crippen molar-refractivity contribution in [2.75, 3.05) is 11.5 Å². The lowest BCUT2D eigenvalue weighted by atomic mass is 10.0. The van der Waals surface area contributed by atoms with Gasteiger partial charge in [0.05, 0.1) is 19.3 Å². The number of phosphoric ester groups is 1. The summed E-state index contributed by atoms with van der Waals surface area (Å²) in [6, 6.07) is 16.8. The Bertz CT molecular complexity index is 1740. The van der Waals surface area contributed by atoms with E-state index >= 15 is 0 Å². The number of H-pyrrole nitrogens is 1. The first-order valence-electron chi connectivity index (χ1n) is 12.4. The largest absolute Gasteiger partial charge is 0.490 e. The molecule has 0 spiro atoms. The van der Waals surface area contributed by atoms with Crippen molar-refractivity contribution in [2.45, 2.75) is 31.4 Å². The van der Waals surface area contributed by atoms with Crippen molar-refractivity contribution >= 4 is 35.6 Å². The maximum atomic E-state index is 12.6. The van der Waals surface area contributed by atoms with Crippen LogP contribution in [0.25, 0.3) is 11.1 Å². The third-order valence-electron chi connectivity index (χ3n) is 6.13. The zero-order valence-corrected chi connectivity index (χ0v) is 24.9. The lowest BCUT2D eigenvalue weighted by molar-refractivity contribution is -0.107. The van der Waals surface area contributed by atoms with Crippen molar-refractivity contribution in [3.05, 3.63) is 87.2 Å². The number of hydrogen-bond donors (Lipinski definition) is 6. The van der Waals surface area contributed by atoms with Crippen LogP contribution in [0.3, 0.4) is 0 Å². The molecule has 6 N–H and O–H groups in total. The molecule has 1 fully saturated rings. The second-order valence-electron chi connectivity index (χ2n) is 9.30. The predicted octanol–water partition coefficient (Wildman–Crippen LogP) is 1.36. The maximum Gasteiger partial charge on any atom is 0.490 e. The van der Waals surface area contributed by atoms with Gasteiger partial charge < -0.3 is 34.3 Å². The van der Waals surface area contributed by atoms with E-state index in [0.29, 0.717) is 12.0 Å². The fraction of sp³-hybridized carbons (Fsp3) is 0.261. The average molecular weight is 677 g/mol. The van der Waals surface area contributed by atoms with E-state index in [-0.39, 0.29) is 18.7 Å². The Hall–Kier alpha value is -3.08. The van der Waals surface area contributed by atoms with Gasteiger partial charge in [0.1, 0.15) is 18.0 Å². The quantitative estimate of drug-likeness (QED) is 0.110.